The predicted molar refractivity (Wildman–Crippen MR) is 43.9 cm³/mol. The maximum atomic E-state index is 4.18. The second kappa shape index (κ2) is 2.71. The first-order valence-electron chi connectivity index (χ1n) is 2.63. The van der Waals surface area contributed by atoms with Crippen LogP contribution in [0, 0.1) is 13.8 Å². The number of hydrogen-bond acceptors (Lipinski definition) is 3. The average molecular weight is 158 g/mol. The van der Waals surface area contributed by atoms with Crippen molar-refractivity contribution in [2.24, 2.45) is 0 Å². The molecule has 0 N–H and O–H groups in total. The van der Waals surface area contributed by atoms with E-state index in [1.165, 1.54) is 4.88 Å². The molecule has 1 nitrogen and oxygen atoms in total. The number of aromatic nitrogens is 1. The second-order valence-electron chi connectivity index (χ2n) is 1.82. The van der Waals surface area contributed by atoms with Crippen molar-refractivity contribution in [1.82, 2.24) is 4.98 Å². The summed E-state index contributed by atoms with van der Waals surface area (Å²) >= 11 is 5.79. The van der Waals surface area contributed by atoms with Gasteiger partial charge in [-0.15, -0.1) is 11.3 Å². The molecular formula is C6H8NS2. The second-order valence-corrected chi connectivity index (χ2v) is 3.33. The lowest BCUT2D eigenvalue weighted by Gasteiger charge is -1.97. The van der Waals surface area contributed by atoms with Gasteiger partial charge in [-0.3, -0.25) is 0 Å². The van der Waals surface area contributed by atoms with E-state index in [1.54, 1.807) is 11.3 Å². The molecule has 1 aromatic heterocycles. The van der Waals surface area contributed by atoms with Crippen molar-refractivity contribution >= 4 is 24.0 Å². The van der Waals surface area contributed by atoms with Crippen LogP contribution < -0.4 is 0 Å². The van der Waals surface area contributed by atoms with Crippen LogP contribution >= 0.6 is 24.0 Å². The van der Waals surface area contributed by atoms with Gasteiger partial charge in [0.15, 0.2) is 0 Å². The fraction of sp³-hybridized carbons (Fsp3) is 0.333. The molecule has 1 heterocycles. The summed E-state index contributed by atoms with van der Waals surface area (Å²) in [7, 11) is 0. The van der Waals surface area contributed by atoms with Gasteiger partial charge in [-0.1, -0.05) is 0 Å². The summed E-state index contributed by atoms with van der Waals surface area (Å²) < 4.78 is 0. The van der Waals surface area contributed by atoms with Gasteiger partial charge in [0.05, 0.1) is 11.2 Å². The van der Waals surface area contributed by atoms with Crippen molar-refractivity contribution < 1.29 is 0 Å². The quantitative estimate of drug-likeness (QED) is 0.619. The molecule has 1 aromatic rings. The smallest absolute Gasteiger partial charge is 0.0797 e. The number of nitrogens with zero attached hydrogens (tertiary/aromatic N) is 1. The van der Waals surface area contributed by atoms with E-state index in [0.717, 1.165) is 5.69 Å². The third-order valence-corrected chi connectivity index (χ3v) is 2.56. The highest BCUT2D eigenvalue weighted by Gasteiger charge is 2.04. The van der Waals surface area contributed by atoms with Crippen molar-refractivity contribution in [3.63, 3.8) is 0 Å². The molecular weight excluding hydrogens is 150 g/mol. The Labute approximate surface area is 64.5 Å². The van der Waals surface area contributed by atoms with Gasteiger partial charge in [-0.2, -0.15) is 12.6 Å². The minimum absolute atomic E-state index is 0.0810. The molecule has 1 radical (unpaired) electrons. The minimum Gasteiger partial charge on any atom is -0.250 e. The fourth-order valence-electron chi connectivity index (χ4n) is 0.631. The van der Waals surface area contributed by atoms with Gasteiger partial charge < -0.3 is 0 Å². The molecule has 0 amide bonds. The summed E-state index contributed by atoms with van der Waals surface area (Å²) in [5, 5.41) is 0.0810. The van der Waals surface area contributed by atoms with Gasteiger partial charge in [-0.05, 0) is 13.8 Å². The first-order chi connectivity index (χ1) is 4.22. The van der Waals surface area contributed by atoms with E-state index in [0.29, 0.717) is 0 Å². The van der Waals surface area contributed by atoms with E-state index in [-0.39, 0.29) is 5.25 Å². The van der Waals surface area contributed by atoms with E-state index < -0.39 is 0 Å². The molecule has 0 saturated carbocycles. The molecule has 1 atom stereocenters. The number of rotatable bonds is 1. The molecule has 0 aliphatic heterocycles. The monoisotopic (exact) mass is 158 g/mol. The fourth-order valence-corrected chi connectivity index (χ4v) is 1.70. The molecule has 0 aliphatic rings. The van der Waals surface area contributed by atoms with Gasteiger partial charge in [-0.25, -0.2) is 4.98 Å². The van der Waals surface area contributed by atoms with Crippen LogP contribution in [0.4, 0.5) is 0 Å². The minimum atomic E-state index is 0.0810. The third-order valence-electron chi connectivity index (χ3n) is 1.09. The largest absolute Gasteiger partial charge is 0.250 e. The molecule has 0 spiro atoms. The lowest BCUT2D eigenvalue weighted by molar-refractivity contribution is 1.17. The van der Waals surface area contributed by atoms with Gasteiger partial charge >= 0.3 is 0 Å². The van der Waals surface area contributed by atoms with E-state index in [1.807, 2.05) is 12.4 Å². The standard InChI is InChI=1S/C6H8NS2/c1-4-6(5(2)8)9-3-7-4/h3,5,8H,2H2,1H3. The van der Waals surface area contributed by atoms with Gasteiger partial charge in [0, 0.05) is 10.1 Å². The number of aryl methyl sites for hydroxylation is 1. The van der Waals surface area contributed by atoms with Crippen LogP contribution in [0.3, 0.4) is 0 Å². The zero-order valence-electron chi connectivity index (χ0n) is 5.16. The summed E-state index contributed by atoms with van der Waals surface area (Å²) in [4.78, 5) is 5.23. The summed E-state index contributed by atoms with van der Waals surface area (Å²) in [6, 6.07) is 0. The van der Waals surface area contributed by atoms with Crippen LogP contribution in [0.2, 0.25) is 0 Å². The van der Waals surface area contributed by atoms with Crippen molar-refractivity contribution in [3.8, 4) is 0 Å². The summed E-state index contributed by atoms with van der Waals surface area (Å²) in [5.74, 6) is 0. The maximum Gasteiger partial charge on any atom is 0.0797 e. The highest BCUT2D eigenvalue weighted by Crippen LogP contribution is 2.24. The van der Waals surface area contributed by atoms with Gasteiger partial charge in [0.25, 0.3) is 0 Å². The molecule has 1 rings (SSSR count). The Bertz CT molecular complexity index is 193. The Morgan fingerprint density at radius 3 is 2.78 bits per heavy atom. The average Bonchev–Trinajstić information content (AvgIpc) is 2.13. The Morgan fingerprint density at radius 2 is 2.56 bits per heavy atom. The van der Waals surface area contributed by atoms with Crippen LogP contribution in [0.5, 0.6) is 0 Å². The van der Waals surface area contributed by atoms with Crippen LogP contribution in [-0.2, 0) is 0 Å². The van der Waals surface area contributed by atoms with E-state index in [4.69, 9.17) is 0 Å². The van der Waals surface area contributed by atoms with Crippen LogP contribution in [0.25, 0.3) is 0 Å². The lowest BCUT2D eigenvalue weighted by Crippen LogP contribution is -1.82. The van der Waals surface area contributed by atoms with E-state index in [2.05, 4.69) is 24.5 Å². The Hall–Kier alpha value is -0.0200. The first kappa shape index (κ1) is 7.09. The first-order valence-corrected chi connectivity index (χ1v) is 4.02. The summed E-state index contributed by atoms with van der Waals surface area (Å²) in [5.41, 5.74) is 2.87. The summed E-state index contributed by atoms with van der Waals surface area (Å²) in [6.07, 6.45) is 0. The van der Waals surface area contributed by atoms with Gasteiger partial charge in [0.2, 0.25) is 0 Å². The number of hydrogen-bond donors (Lipinski definition) is 1. The maximum absolute atomic E-state index is 4.18. The Balaban J connectivity index is 2.94. The molecule has 1 unspecified atom stereocenters. The van der Waals surface area contributed by atoms with Crippen molar-refractivity contribution in [2.45, 2.75) is 12.2 Å². The Morgan fingerprint density at radius 1 is 1.89 bits per heavy atom. The third kappa shape index (κ3) is 1.46. The molecule has 0 aromatic carbocycles. The topological polar surface area (TPSA) is 12.9 Å². The highest BCUT2D eigenvalue weighted by molar-refractivity contribution is 7.80. The zero-order valence-corrected chi connectivity index (χ0v) is 6.88. The molecule has 3 heteroatoms. The van der Waals surface area contributed by atoms with Crippen LogP contribution in [0.15, 0.2) is 5.51 Å². The van der Waals surface area contributed by atoms with E-state index >= 15 is 0 Å². The normalized spacial score (nSPS) is 13.7. The predicted octanol–water partition coefficient (Wildman–Crippen LogP) is 2.26. The van der Waals surface area contributed by atoms with Crippen molar-refractivity contribution in [2.75, 3.05) is 0 Å². The number of thiazole rings is 1. The van der Waals surface area contributed by atoms with Crippen LogP contribution in [-0.4, -0.2) is 4.98 Å². The number of thiol groups is 1. The highest BCUT2D eigenvalue weighted by atomic mass is 32.1. The molecule has 49 valence electrons. The Kier molecular flexibility index (Phi) is 2.13. The van der Waals surface area contributed by atoms with E-state index in [9.17, 15) is 0 Å². The summed E-state index contributed by atoms with van der Waals surface area (Å²) in [6.45, 7) is 5.75. The zero-order chi connectivity index (χ0) is 6.85. The van der Waals surface area contributed by atoms with Gasteiger partial charge in [0.1, 0.15) is 0 Å². The molecule has 0 fully saturated rings. The molecule has 9 heavy (non-hydrogen) atoms. The van der Waals surface area contributed by atoms with Crippen molar-refractivity contribution in [1.29, 1.82) is 0 Å². The molecule has 0 saturated heterocycles. The molecule has 0 bridgehead atoms. The SMILES string of the molecule is [CH2]C(S)c1scnc1C. The lowest BCUT2D eigenvalue weighted by atomic mass is 10.3. The van der Waals surface area contributed by atoms with Crippen LogP contribution in [0.1, 0.15) is 15.8 Å². The molecule has 0 aliphatic carbocycles. The van der Waals surface area contributed by atoms with Crippen molar-refractivity contribution in [3.05, 3.63) is 23.0 Å².